The number of hydrogen-bond donors (Lipinski definition) is 1. The fraction of sp³-hybridized carbons (Fsp3) is 0.353. The molecular formula is C17H19N3O3. The molecule has 120 valence electrons. The van der Waals surface area contributed by atoms with E-state index in [1.54, 1.807) is 25.3 Å². The Balaban J connectivity index is 1.70. The Morgan fingerprint density at radius 1 is 1.43 bits per heavy atom. The second kappa shape index (κ2) is 6.85. The summed E-state index contributed by atoms with van der Waals surface area (Å²) < 4.78 is 5.07. The van der Waals surface area contributed by atoms with Crippen molar-refractivity contribution in [2.24, 2.45) is 0 Å². The van der Waals surface area contributed by atoms with Crippen LogP contribution in [-0.4, -0.2) is 39.6 Å². The van der Waals surface area contributed by atoms with E-state index in [0.29, 0.717) is 18.0 Å². The van der Waals surface area contributed by atoms with E-state index in [9.17, 15) is 4.79 Å². The first kappa shape index (κ1) is 15.6. The quantitative estimate of drug-likeness (QED) is 0.908. The molecule has 0 radical (unpaired) electrons. The van der Waals surface area contributed by atoms with Crippen LogP contribution in [0.5, 0.6) is 0 Å². The topological polar surface area (TPSA) is 75.6 Å². The zero-order valence-electron chi connectivity index (χ0n) is 13.0. The van der Waals surface area contributed by atoms with Crippen molar-refractivity contribution in [1.29, 1.82) is 0 Å². The van der Waals surface area contributed by atoms with Crippen LogP contribution < -0.4 is 0 Å². The van der Waals surface area contributed by atoms with E-state index < -0.39 is 5.97 Å². The van der Waals surface area contributed by atoms with Crippen LogP contribution in [-0.2, 0) is 30.9 Å². The molecule has 0 atom stereocenters. The molecule has 0 saturated heterocycles. The molecule has 0 amide bonds. The first-order chi connectivity index (χ1) is 11.2. The lowest BCUT2D eigenvalue weighted by Crippen LogP contribution is -2.31. The molecule has 3 rings (SSSR count). The number of carboxylic acid groups (broad SMARTS) is 1. The van der Waals surface area contributed by atoms with Gasteiger partial charge in [-0.3, -0.25) is 4.90 Å². The van der Waals surface area contributed by atoms with Gasteiger partial charge in [0.05, 0.1) is 5.56 Å². The minimum atomic E-state index is -0.894. The summed E-state index contributed by atoms with van der Waals surface area (Å²) >= 11 is 0. The number of methoxy groups -OCH3 is 1. The molecule has 2 heterocycles. The molecule has 0 aliphatic carbocycles. The molecule has 0 bridgehead atoms. The van der Waals surface area contributed by atoms with Gasteiger partial charge in [0.25, 0.3) is 0 Å². The highest BCUT2D eigenvalue weighted by molar-refractivity contribution is 5.87. The average molecular weight is 313 g/mol. The summed E-state index contributed by atoms with van der Waals surface area (Å²) in [7, 11) is 1.63. The van der Waals surface area contributed by atoms with Crippen molar-refractivity contribution in [3.8, 4) is 0 Å². The molecule has 0 unspecified atom stereocenters. The smallest absolute Gasteiger partial charge is 0.335 e. The van der Waals surface area contributed by atoms with Crippen LogP contribution in [0.3, 0.4) is 0 Å². The zero-order chi connectivity index (χ0) is 16.2. The minimum absolute atomic E-state index is 0.326. The first-order valence-electron chi connectivity index (χ1n) is 7.53. The van der Waals surface area contributed by atoms with Crippen LogP contribution in [0.15, 0.2) is 30.5 Å². The van der Waals surface area contributed by atoms with Gasteiger partial charge >= 0.3 is 5.97 Å². The predicted octanol–water partition coefficient (Wildman–Crippen LogP) is 1.88. The first-order valence-corrected chi connectivity index (χ1v) is 7.53. The third-order valence-corrected chi connectivity index (χ3v) is 3.92. The molecule has 1 aliphatic rings. The van der Waals surface area contributed by atoms with Gasteiger partial charge in [-0.1, -0.05) is 12.1 Å². The summed E-state index contributed by atoms with van der Waals surface area (Å²) in [5, 5.41) is 9.07. The molecule has 23 heavy (non-hydrogen) atoms. The maximum Gasteiger partial charge on any atom is 0.335 e. The number of ether oxygens (including phenoxy) is 1. The molecule has 1 N–H and O–H groups in total. The number of fused-ring (bicyclic) bond motifs is 1. The number of nitrogens with zero attached hydrogens (tertiary/aromatic N) is 3. The fourth-order valence-corrected chi connectivity index (χ4v) is 2.81. The lowest BCUT2D eigenvalue weighted by molar-refractivity contribution is 0.0696. The maximum absolute atomic E-state index is 11.1. The van der Waals surface area contributed by atoms with Crippen LogP contribution in [0.4, 0.5) is 0 Å². The molecule has 2 aromatic rings. The van der Waals surface area contributed by atoms with Crippen molar-refractivity contribution < 1.29 is 14.6 Å². The molecule has 1 aliphatic heterocycles. The van der Waals surface area contributed by atoms with Gasteiger partial charge in [0.1, 0.15) is 6.61 Å². The highest BCUT2D eigenvalue weighted by atomic mass is 16.5. The Kier molecular flexibility index (Phi) is 4.64. The summed E-state index contributed by atoms with van der Waals surface area (Å²) in [5.41, 5.74) is 3.55. The lowest BCUT2D eigenvalue weighted by atomic mass is 10.1. The normalized spacial score (nSPS) is 14.5. The largest absolute Gasteiger partial charge is 0.478 e. The molecule has 1 aromatic carbocycles. The van der Waals surface area contributed by atoms with Crippen molar-refractivity contribution >= 4 is 5.97 Å². The number of hydrogen-bond acceptors (Lipinski definition) is 5. The van der Waals surface area contributed by atoms with E-state index in [1.807, 2.05) is 12.3 Å². The third-order valence-electron chi connectivity index (χ3n) is 3.92. The van der Waals surface area contributed by atoms with Crippen LogP contribution in [0, 0.1) is 0 Å². The monoisotopic (exact) mass is 313 g/mol. The van der Waals surface area contributed by atoms with Gasteiger partial charge in [0, 0.05) is 50.6 Å². The van der Waals surface area contributed by atoms with E-state index >= 15 is 0 Å². The molecule has 0 fully saturated rings. The summed E-state index contributed by atoms with van der Waals surface area (Å²) in [6.45, 7) is 2.83. The minimum Gasteiger partial charge on any atom is -0.478 e. The summed E-state index contributed by atoms with van der Waals surface area (Å²) in [6, 6.07) is 7.09. The molecule has 1 aromatic heterocycles. The van der Waals surface area contributed by atoms with Crippen LogP contribution in [0.25, 0.3) is 0 Å². The Morgan fingerprint density at radius 2 is 2.30 bits per heavy atom. The average Bonchev–Trinajstić information content (AvgIpc) is 2.55. The van der Waals surface area contributed by atoms with E-state index in [0.717, 1.165) is 42.9 Å². The molecule has 6 heteroatoms. The SMILES string of the molecule is COCc1ncc2c(n1)CCN(Cc1cccc(C(=O)O)c1)C2. The predicted molar refractivity (Wildman–Crippen MR) is 84.0 cm³/mol. The summed E-state index contributed by atoms with van der Waals surface area (Å²) in [6.07, 6.45) is 2.74. The van der Waals surface area contributed by atoms with Gasteiger partial charge in [0.15, 0.2) is 5.82 Å². The molecule has 0 saturated carbocycles. The van der Waals surface area contributed by atoms with Gasteiger partial charge in [-0.2, -0.15) is 0 Å². The molecule has 0 spiro atoms. The van der Waals surface area contributed by atoms with Gasteiger partial charge in [0.2, 0.25) is 0 Å². The highest BCUT2D eigenvalue weighted by Crippen LogP contribution is 2.19. The van der Waals surface area contributed by atoms with E-state index in [1.165, 1.54) is 0 Å². The highest BCUT2D eigenvalue weighted by Gasteiger charge is 2.18. The van der Waals surface area contributed by atoms with Crippen LogP contribution >= 0.6 is 0 Å². The van der Waals surface area contributed by atoms with Crippen molar-refractivity contribution in [1.82, 2.24) is 14.9 Å². The maximum atomic E-state index is 11.1. The zero-order valence-corrected chi connectivity index (χ0v) is 13.0. The van der Waals surface area contributed by atoms with E-state index in [4.69, 9.17) is 9.84 Å². The van der Waals surface area contributed by atoms with Gasteiger partial charge in [-0.25, -0.2) is 14.8 Å². The standard InChI is InChI=1S/C17H19N3O3/c1-23-11-16-18-8-14-10-20(6-5-15(14)19-16)9-12-3-2-4-13(7-12)17(21)22/h2-4,7-8H,5-6,9-11H2,1H3,(H,21,22). The van der Waals surface area contributed by atoms with E-state index in [-0.39, 0.29) is 0 Å². The Hall–Kier alpha value is -2.31. The fourth-order valence-electron chi connectivity index (χ4n) is 2.81. The third kappa shape index (κ3) is 3.72. The van der Waals surface area contributed by atoms with Crippen molar-refractivity contribution in [2.75, 3.05) is 13.7 Å². The molecule has 6 nitrogen and oxygen atoms in total. The number of aromatic nitrogens is 2. The van der Waals surface area contributed by atoms with Gasteiger partial charge in [-0.05, 0) is 17.7 Å². The second-order valence-corrected chi connectivity index (χ2v) is 5.66. The number of carbonyl (C=O) groups is 1. The van der Waals surface area contributed by atoms with Crippen LogP contribution in [0.1, 0.15) is 33.0 Å². The number of benzene rings is 1. The number of rotatable bonds is 5. The van der Waals surface area contributed by atoms with E-state index in [2.05, 4.69) is 14.9 Å². The summed E-state index contributed by atoms with van der Waals surface area (Å²) in [5.74, 6) is -0.177. The van der Waals surface area contributed by atoms with Gasteiger partial charge < -0.3 is 9.84 Å². The Labute approximate surface area is 134 Å². The number of carboxylic acids is 1. The van der Waals surface area contributed by atoms with Crippen molar-refractivity contribution in [3.63, 3.8) is 0 Å². The summed E-state index contributed by atoms with van der Waals surface area (Å²) in [4.78, 5) is 22.2. The van der Waals surface area contributed by atoms with Crippen molar-refractivity contribution in [2.45, 2.75) is 26.1 Å². The van der Waals surface area contributed by atoms with Crippen LogP contribution in [0.2, 0.25) is 0 Å². The van der Waals surface area contributed by atoms with Crippen molar-refractivity contribution in [3.05, 3.63) is 58.7 Å². The Bertz CT molecular complexity index is 718. The van der Waals surface area contributed by atoms with Gasteiger partial charge in [-0.15, -0.1) is 0 Å². The Morgan fingerprint density at radius 3 is 3.09 bits per heavy atom. The number of aromatic carboxylic acids is 1. The molecular weight excluding hydrogens is 294 g/mol. The lowest BCUT2D eigenvalue weighted by Gasteiger charge is -2.28. The second-order valence-electron chi connectivity index (χ2n) is 5.66.